The van der Waals surface area contributed by atoms with E-state index < -0.39 is 104 Å². The van der Waals surface area contributed by atoms with E-state index in [2.05, 4.69) is 37.2 Å². The standard InChI is InChI=1S/C43H55N9O13/c1-22(2)33(49-42(62)65-21-29-27-10-5-3-8-25(27)26-9-4-6-11-28(26)29)38(58)48-30(12-7-17-45-40(44)60)37(57)47-24-15-13-23(14-16-24)20-64-43(63)50-34-36(51-41(61)52-39(34)59)46-18-31(54)35(56)32(55)19-53/h3-6,8-11,13-16,22,29-36,46,53-56H,7,12,17-21H2,1-2H3,(H,47,57)(H,48,58)(H,49,62)(H,50,63)(H3,44,45,60)(H2,51,52,59,61)/t30-,31-,32+,33-,34?,35-,36?/m0/s1. The summed E-state index contributed by atoms with van der Waals surface area (Å²) in [4.78, 5) is 89.0. The number of nitrogens with one attached hydrogen (secondary N) is 8. The van der Waals surface area contributed by atoms with Crippen molar-refractivity contribution in [1.29, 1.82) is 0 Å². The smallest absolute Gasteiger partial charge is 0.408 e. The maximum absolute atomic E-state index is 13.7. The highest BCUT2D eigenvalue weighted by atomic mass is 16.6. The van der Waals surface area contributed by atoms with Gasteiger partial charge in [-0.15, -0.1) is 0 Å². The molecule has 2 unspecified atom stereocenters. The van der Waals surface area contributed by atoms with Crippen LogP contribution in [-0.4, -0.2) is 131 Å². The van der Waals surface area contributed by atoms with Crippen LogP contribution in [0.15, 0.2) is 72.8 Å². The molecule has 2 aliphatic rings. The number of hydrogen-bond donors (Lipinski definition) is 13. The molecule has 3 aromatic rings. The maximum Gasteiger partial charge on any atom is 0.408 e. The Morgan fingerprint density at radius 3 is 2.08 bits per heavy atom. The second-order valence-corrected chi connectivity index (χ2v) is 15.7. The normalized spacial score (nSPS) is 17.7. The molecule has 0 radical (unpaired) electrons. The van der Waals surface area contributed by atoms with E-state index in [1.54, 1.807) is 13.8 Å². The topological polar surface area (TPSA) is 341 Å². The summed E-state index contributed by atoms with van der Waals surface area (Å²) in [6, 6.07) is 16.5. The van der Waals surface area contributed by atoms with Crippen molar-refractivity contribution in [2.45, 2.75) is 81.8 Å². The molecule has 1 heterocycles. The number of imide groups is 1. The van der Waals surface area contributed by atoms with Crippen molar-refractivity contribution in [3.8, 4) is 11.1 Å². The predicted octanol–water partition coefficient (Wildman–Crippen LogP) is -0.453. The first kappa shape index (κ1) is 49.2. The van der Waals surface area contributed by atoms with Crippen LogP contribution in [0.5, 0.6) is 0 Å². The van der Waals surface area contributed by atoms with Crippen LogP contribution in [0.3, 0.4) is 0 Å². The van der Waals surface area contributed by atoms with Crippen LogP contribution in [-0.2, 0) is 30.5 Å². The van der Waals surface area contributed by atoms with E-state index in [0.717, 1.165) is 22.3 Å². The van der Waals surface area contributed by atoms with E-state index in [0.29, 0.717) is 11.3 Å². The maximum atomic E-state index is 13.7. The number of rotatable bonds is 21. The zero-order valence-electron chi connectivity index (χ0n) is 35.6. The highest BCUT2D eigenvalue weighted by molar-refractivity contribution is 6.01. The molecule has 0 aromatic heterocycles. The fourth-order valence-corrected chi connectivity index (χ4v) is 7.23. The molecular weight excluding hydrogens is 851 g/mol. The van der Waals surface area contributed by atoms with E-state index in [1.807, 2.05) is 53.8 Å². The van der Waals surface area contributed by atoms with Crippen LogP contribution in [0.1, 0.15) is 49.3 Å². The molecule has 9 amide bonds. The molecule has 350 valence electrons. The van der Waals surface area contributed by atoms with Crippen molar-refractivity contribution < 1.29 is 63.5 Å². The number of amides is 9. The first-order valence-corrected chi connectivity index (χ1v) is 20.8. The third kappa shape index (κ3) is 13.6. The van der Waals surface area contributed by atoms with Crippen molar-refractivity contribution in [3.05, 3.63) is 89.5 Å². The molecule has 65 heavy (non-hydrogen) atoms. The number of fused-ring (bicyclic) bond motifs is 3. The first-order chi connectivity index (χ1) is 31.1. The van der Waals surface area contributed by atoms with Crippen LogP contribution in [0.25, 0.3) is 11.1 Å². The molecule has 3 aromatic carbocycles. The molecular formula is C43H55N9O13. The summed E-state index contributed by atoms with van der Waals surface area (Å²) in [5.74, 6) is -2.80. The molecule has 0 saturated carbocycles. The number of primary amides is 1. The first-order valence-electron chi connectivity index (χ1n) is 20.8. The van der Waals surface area contributed by atoms with Gasteiger partial charge in [-0.3, -0.25) is 25.0 Å². The third-order valence-electron chi connectivity index (χ3n) is 10.7. The molecule has 1 fully saturated rings. The average molecular weight is 906 g/mol. The van der Waals surface area contributed by atoms with Crippen LogP contribution in [0.2, 0.25) is 0 Å². The summed E-state index contributed by atoms with van der Waals surface area (Å²) in [5.41, 5.74) is 10.1. The summed E-state index contributed by atoms with van der Waals surface area (Å²) in [6.45, 7) is 1.99. The Bertz CT molecular complexity index is 2130. The Hall–Kier alpha value is -6.85. The lowest BCUT2D eigenvalue weighted by Gasteiger charge is -2.33. The van der Waals surface area contributed by atoms with Crippen LogP contribution >= 0.6 is 0 Å². The average Bonchev–Trinajstić information content (AvgIpc) is 3.60. The Kier molecular flexibility index (Phi) is 17.5. The summed E-state index contributed by atoms with van der Waals surface area (Å²) >= 11 is 0. The molecule has 0 spiro atoms. The fraction of sp³-hybridized carbons (Fsp3) is 0.419. The van der Waals surface area contributed by atoms with E-state index in [1.165, 1.54) is 24.3 Å². The van der Waals surface area contributed by atoms with Gasteiger partial charge in [0.2, 0.25) is 11.8 Å². The number of ether oxygens (including phenoxy) is 2. The van der Waals surface area contributed by atoms with Gasteiger partial charge < -0.3 is 67.5 Å². The lowest BCUT2D eigenvalue weighted by Crippen LogP contribution is -2.71. The molecule has 1 saturated heterocycles. The minimum Gasteiger partial charge on any atom is -0.449 e. The van der Waals surface area contributed by atoms with Gasteiger partial charge >= 0.3 is 24.2 Å². The van der Waals surface area contributed by atoms with Gasteiger partial charge in [-0.05, 0) is 58.7 Å². The second kappa shape index (κ2) is 23.2. The van der Waals surface area contributed by atoms with Gasteiger partial charge in [-0.1, -0.05) is 74.5 Å². The van der Waals surface area contributed by atoms with Gasteiger partial charge in [0, 0.05) is 24.7 Å². The quantitative estimate of drug-likeness (QED) is 0.0603. The van der Waals surface area contributed by atoms with E-state index in [4.69, 9.17) is 20.3 Å². The monoisotopic (exact) mass is 905 g/mol. The molecule has 7 atom stereocenters. The number of hydrogen-bond acceptors (Lipinski definition) is 14. The highest BCUT2D eigenvalue weighted by Gasteiger charge is 2.38. The minimum absolute atomic E-state index is 0.0291. The van der Waals surface area contributed by atoms with Crippen LogP contribution in [0.4, 0.5) is 24.9 Å². The number of urea groups is 2. The third-order valence-corrected chi connectivity index (χ3v) is 10.7. The number of nitrogens with two attached hydrogens (primary N) is 1. The minimum atomic E-state index is -1.76. The van der Waals surface area contributed by atoms with Crippen LogP contribution < -0.4 is 48.3 Å². The van der Waals surface area contributed by atoms with Gasteiger partial charge in [0.25, 0.3) is 5.91 Å². The van der Waals surface area contributed by atoms with Crippen molar-refractivity contribution in [1.82, 2.24) is 37.2 Å². The molecule has 1 aliphatic heterocycles. The Labute approximate surface area is 373 Å². The molecule has 1 aliphatic carbocycles. The largest absolute Gasteiger partial charge is 0.449 e. The van der Waals surface area contributed by atoms with Crippen LogP contribution in [0, 0.1) is 5.92 Å². The van der Waals surface area contributed by atoms with Crippen molar-refractivity contribution in [3.63, 3.8) is 0 Å². The zero-order valence-corrected chi connectivity index (χ0v) is 35.6. The van der Waals surface area contributed by atoms with Gasteiger partial charge in [0.15, 0.2) is 0 Å². The molecule has 22 nitrogen and oxygen atoms in total. The molecule has 0 bridgehead atoms. The SMILES string of the molecule is CC(C)[C@H](NC(=O)OCC1c2ccccc2-c2ccccc21)C(=O)N[C@@H](CCCNC(N)=O)C(=O)Nc1ccc(COC(=O)NC2C(=O)NC(=O)NC2NC[C@H](O)[C@H](O)[C@H](O)CO)cc1. The summed E-state index contributed by atoms with van der Waals surface area (Å²) in [5, 5.41) is 58.3. The number of anilines is 1. The van der Waals surface area contributed by atoms with E-state index in [-0.39, 0.29) is 38.5 Å². The van der Waals surface area contributed by atoms with Gasteiger partial charge in [-0.2, -0.15) is 0 Å². The van der Waals surface area contributed by atoms with Crippen molar-refractivity contribution in [2.75, 3.05) is 31.6 Å². The number of aliphatic hydroxyl groups is 4. The van der Waals surface area contributed by atoms with Gasteiger partial charge in [-0.25, -0.2) is 19.2 Å². The Morgan fingerprint density at radius 2 is 1.46 bits per heavy atom. The molecule has 5 rings (SSSR count). The van der Waals surface area contributed by atoms with E-state index >= 15 is 0 Å². The lowest BCUT2D eigenvalue weighted by molar-refractivity contribution is -0.128. The number of benzene rings is 3. The number of aliphatic hydroxyl groups excluding tert-OH is 4. The number of carbonyl (C=O) groups is 7. The van der Waals surface area contributed by atoms with E-state index in [9.17, 15) is 48.9 Å². The fourth-order valence-electron chi connectivity index (χ4n) is 7.23. The summed E-state index contributed by atoms with van der Waals surface area (Å²) in [7, 11) is 0. The molecule has 22 heteroatoms. The zero-order chi connectivity index (χ0) is 47.2. The summed E-state index contributed by atoms with van der Waals surface area (Å²) in [6.07, 6.45) is -7.88. The number of carbonyl (C=O) groups excluding carboxylic acids is 7. The highest BCUT2D eigenvalue weighted by Crippen LogP contribution is 2.44. The van der Waals surface area contributed by atoms with Crippen molar-refractivity contribution >= 4 is 47.7 Å². The lowest BCUT2D eigenvalue weighted by atomic mass is 9.98. The Morgan fingerprint density at radius 1 is 0.815 bits per heavy atom. The molecule has 14 N–H and O–H groups in total. The second-order valence-electron chi connectivity index (χ2n) is 15.7. The van der Waals surface area contributed by atoms with Gasteiger partial charge in [0.1, 0.15) is 49.7 Å². The van der Waals surface area contributed by atoms with Crippen molar-refractivity contribution in [2.24, 2.45) is 11.7 Å². The number of alkyl carbamates (subject to hydrolysis) is 2. The summed E-state index contributed by atoms with van der Waals surface area (Å²) < 4.78 is 10.9. The Balaban J connectivity index is 1.15. The van der Waals surface area contributed by atoms with Gasteiger partial charge in [0.05, 0.1) is 12.7 Å². The predicted molar refractivity (Wildman–Crippen MR) is 231 cm³/mol.